The highest BCUT2D eigenvalue weighted by Crippen LogP contribution is 2.20. The van der Waals surface area contributed by atoms with Crippen molar-refractivity contribution in [3.05, 3.63) is 29.6 Å². The van der Waals surface area contributed by atoms with Gasteiger partial charge in [-0.25, -0.2) is 12.8 Å². The maximum Gasteiger partial charge on any atom is 0.261 e. The Hall–Kier alpha value is -1.18. The van der Waals surface area contributed by atoms with E-state index < -0.39 is 20.8 Å². The lowest BCUT2D eigenvalue weighted by Gasteiger charge is -2.26. The van der Waals surface area contributed by atoms with E-state index >= 15 is 0 Å². The van der Waals surface area contributed by atoms with E-state index in [1.165, 1.54) is 12.0 Å². The van der Waals surface area contributed by atoms with E-state index in [9.17, 15) is 17.6 Å². The number of methoxy groups -OCH3 is 1. The number of hydrogen-bond donors (Lipinski definition) is 0. The summed E-state index contributed by atoms with van der Waals surface area (Å²) >= 11 is 0. The van der Waals surface area contributed by atoms with Crippen LogP contribution in [0.25, 0.3) is 0 Å². The van der Waals surface area contributed by atoms with Crippen molar-refractivity contribution in [1.29, 1.82) is 0 Å². The lowest BCUT2D eigenvalue weighted by atomic mass is 10.1. The van der Waals surface area contributed by atoms with E-state index in [-0.39, 0.29) is 16.5 Å². The first-order chi connectivity index (χ1) is 9.68. The van der Waals surface area contributed by atoms with Gasteiger partial charge in [-0.15, -0.1) is 0 Å². The van der Waals surface area contributed by atoms with E-state index in [0.717, 1.165) is 18.2 Å². The molecule has 1 aromatic carbocycles. The van der Waals surface area contributed by atoms with Crippen molar-refractivity contribution in [2.75, 3.05) is 20.3 Å². The smallest absolute Gasteiger partial charge is 0.261 e. The molecule has 0 aliphatic carbocycles. The summed E-state index contributed by atoms with van der Waals surface area (Å²) in [5.41, 5.74) is -0.205. The lowest BCUT2D eigenvalue weighted by Crippen LogP contribution is -2.39. The van der Waals surface area contributed by atoms with Crippen LogP contribution in [0, 0.1) is 5.82 Å². The minimum Gasteiger partial charge on any atom is -0.383 e. The minimum atomic E-state index is -4.03. The Balaban J connectivity index is 3.11. The van der Waals surface area contributed by atoms with E-state index in [2.05, 4.69) is 0 Å². The highest BCUT2D eigenvalue weighted by molar-refractivity contribution is 8.13. The van der Waals surface area contributed by atoms with Crippen molar-refractivity contribution in [1.82, 2.24) is 4.90 Å². The average molecular weight is 338 g/mol. The van der Waals surface area contributed by atoms with Crippen LogP contribution in [0.1, 0.15) is 24.2 Å². The van der Waals surface area contributed by atoms with Gasteiger partial charge >= 0.3 is 0 Å². The molecule has 0 heterocycles. The van der Waals surface area contributed by atoms with Crippen LogP contribution in [0.5, 0.6) is 0 Å². The second-order valence-corrected chi connectivity index (χ2v) is 7.23. The third-order valence-corrected chi connectivity index (χ3v) is 4.22. The first kappa shape index (κ1) is 17.9. The summed E-state index contributed by atoms with van der Waals surface area (Å²) in [6, 6.07) is 2.82. The molecular weight excluding hydrogens is 321 g/mol. The SMILES string of the molecule is COCCN(C(=O)c1ccc(S(=O)(=O)Cl)cc1F)C(C)C. The number of benzene rings is 1. The number of carbonyl (C=O) groups excluding carboxylic acids is 1. The molecule has 118 valence electrons. The third-order valence-electron chi connectivity index (χ3n) is 2.87. The number of amides is 1. The van der Waals surface area contributed by atoms with Gasteiger partial charge in [-0.2, -0.15) is 0 Å². The molecule has 0 bridgehead atoms. The topological polar surface area (TPSA) is 63.7 Å². The predicted octanol–water partition coefficient (Wildman–Crippen LogP) is 2.25. The molecule has 8 heteroatoms. The number of nitrogens with zero attached hydrogens (tertiary/aromatic N) is 1. The molecular formula is C13H17ClFNO4S. The van der Waals surface area contributed by atoms with Crippen LogP contribution in [0.15, 0.2) is 23.1 Å². The van der Waals surface area contributed by atoms with Crippen molar-refractivity contribution < 1.29 is 22.3 Å². The van der Waals surface area contributed by atoms with Crippen molar-refractivity contribution in [3.63, 3.8) is 0 Å². The summed E-state index contributed by atoms with van der Waals surface area (Å²) in [7, 11) is 2.61. The zero-order valence-electron chi connectivity index (χ0n) is 12.0. The molecule has 21 heavy (non-hydrogen) atoms. The van der Waals surface area contributed by atoms with Gasteiger partial charge in [-0.1, -0.05) is 0 Å². The largest absolute Gasteiger partial charge is 0.383 e. The summed E-state index contributed by atoms with van der Waals surface area (Å²) < 4.78 is 41.2. The van der Waals surface area contributed by atoms with Gasteiger partial charge < -0.3 is 9.64 Å². The number of carbonyl (C=O) groups is 1. The Labute approximate surface area is 128 Å². The van der Waals surface area contributed by atoms with Crippen LogP contribution in [0.2, 0.25) is 0 Å². The van der Waals surface area contributed by atoms with Crippen molar-refractivity contribution in [3.8, 4) is 0 Å². The fourth-order valence-electron chi connectivity index (χ4n) is 1.76. The van der Waals surface area contributed by atoms with Crippen LogP contribution in [0.3, 0.4) is 0 Å². The fraction of sp³-hybridized carbons (Fsp3) is 0.462. The molecule has 1 aromatic rings. The summed E-state index contributed by atoms with van der Waals surface area (Å²) in [4.78, 5) is 13.4. The Kier molecular flexibility index (Phi) is 6.12. The van der Waals surface area contributed by atoms with Crippen molar-refractivity contribution in [2.45, 2.75) is 24.8 Å². The quantitative estimate of drug-likeness (QED) is 0.747. The van der Waals surface area contributed by atoms with Gasteiger partial charge in [0.1, 0.15) is 5.82 Å². The van der Waals surface area contributed by atoms with Crippen LogP contribution < -0.4 is 0 Å². The zero-order chi connectivity index (χ0) is 16.2. The summed E-state index contributed by atoms with van der Waals surface area (Å²) in [5, 5.41) is 0. The fourth-order valence-corrected chi connectivity index (χ4v) is 2.52. The first-order valence-electron chi connectivity index (χ1n) is 6.22. The van der Waals surface area contributed by atoms with Crippen LogP contribution in [-0.4, -0.2) is 45.5 Å². The minimum absolute atomic E-state index is 0.150. The van der Waals surface area contributed by atoms with Crippen molar-refractivity contribution >= 4 is 25.6 Å². The van der Waals surface area contributed by atoms with Crippen LogP contribution in [-0.2, 0) is 13.8 Å². The zero-order valence-corrected chi connectivity index (χ0v) is 13.5. The van der Waals surface area contributed by atoms with E-state index in [0.29, 0.717) is 13.2 Å². The number of halogens is 2. The Morgan fingerprint density at radius 1 is 1.43 bits per heavy atom. The Bertz CT molecular complexity index is 619. The van der Waals surface area contributed by atoms with Gasteiger partial charge in [0.15, 0.2) is 0 Å². The van der Waals surface area contributed by atoms with Crippen molar-refractivity contribution in [2.24, 2.45) is 0 Å². The Morgan fingerprint density at radius 2 is 2.05 bits per heavy atom. The highest BCUT2D eigenvalue weighted by Gasteiger charge is 2.23. The molecule has 0 aromatic heterocycles. The van der Waals surface area contributed by atoms with E-state index in [1.807, 2.05) is 0 Å². The van der Waals surface area contributed by atoms with Gasteiger partial charge in [0.25, 0.3) is 15.0 Å². The molecule has 1 amide bonds. The number of rotatable bonds is 6. The summed E-state index contributed by atoms with van der Waals surface area (Å²) in [6.07, 6.45) is 0. The molecule has 0 atom stereocenters. The van der Waals surface area contributed by atoms with Gasteiger partial charge in [0.05, 0.1) is 17.1 Å². The summed E-state index contributed by atoms with van der Waals surface area (Å²) in [6.45, 7) is 4.22. The molecule has 5 nitrogen and oxygen atoms in total. The number of hydrogen-bond acceptors (Lipinski definition) is 4. The molecule has 0 saturated carbocycles. The highest BCUT2D eigenvalue weighted by atomic mass is 35.7. The standard InChI is InChI=1S/C13H17ClFNO4S/c1-9(2)16(6-7-20-3)13(17)11-5-4-10(8-12(11)15)21(14,18)19/h4-5,8-9H,6-7H2,1-3H3. The second kappa shape index (κ2) is 7.20. The maximum absolute atomic E-state index is 14.0. The van der Waals surface area contributed by atoms with E-state index in [4.69, 9.17) is 15.4 Å². The van der Waals surface area contributed by atoms with E-state index in [1.54, 1.807) is 13.8 Å². The molecule has 0 spiro atoms. The van der Waals surface area contributed by atoms with Gasteiger partial charge in [0.2, 0.25) is 0 Å². The average Bonchev–Trinajstić information content (AvgIpc) is 2.37. The number of ether oxygens (including phenoxy) is 1. The molecule has 0 aliphatic rings. The van der Waals surface area contributed by atoms with Crippen LogP contribution >= 0.6 is 10.7 Å². The molecule has 0 N–H and O–H groups in total. The first-order valence-corrected chi connectivity index (χ1v) is 8.53. The van der Waals surface area contributed by atoms with Gasteiger partial charge in [-0.3, -0.25) is 4.79 Å². The second-order valence-electron chi connectivity index (χ2n) is 4.66. The van der Waals surface area contributed by atoms with Crippen LogP contribution in [0.4, 0.5) is 4.39 Å². The normalized spacial score (nSPS) is 11.7. The molecule has 1 rings (SSSR count). The van der Waals surface area contributed by atoms with Gasteiger partial charge in [0, 0.05) is 30.4 Å². The monoisotopic (exact) mass is 337 g/mol. The molecule has 0 fully saturated rings. The predicted molar refractivity (Wildman–Crippen MR) is 77.5 cm³/mol. The summed E-state index contributed by atoms with van der Waals surface area (Å²) in [5.74, 6) is -1.46. The van der Waals surface area contributed by atoms with Gasteiger partial charge in [-0.05, 0) is 32.0 Å². The molecule has 0 aliphatic heterocycles. The lowest BCUT2D eigenvalue weighted by molar-refractivity contribution is 0.0630. The Morgan fingerprint density at radius 3 is 2.48 bits per heavy atom. The molecule has 0 saturated heterocycles. The molecule has 0 unspecified atom stereocenters. The third kappa shape index (κ3) is 4.66. The maximum atomic E-state index is 14.0. The molecule has 0 radical (unpaired) electrons.